The number of fused-ring (bicyclic) bond motifs is 1. The summed E-state index contributed by atoms with van der Waals surface area (Å²) < 4.78 is 14.2. The molecule has 2 fully saturated rings. The van der Waals surface area contributed by atoms with Gasteiger partial charge in [-0.3, -0.25) is 4.90 Å². The molecule has 2 N–H and O–H groups in total. The summed E-state index contributed by atoms with van der Waals surface area (Å²) in [5.41, 5.74) is 3.27. The van der Waals surface area contributed by atoms with Crippen LogP contribution in [-0.4, -0.2) is 65.0 Å². The maximum Gasteiger partial charge on any atom is 0.142 e. The average molecular weight is 460 g/mol. The van der Waals surface area contributed by atoms with Crippen LogP contribution in [0.3, 0.4) is 0 Å². The topological polar surface area (TPSA) is 64.5 Å². The van der Waals surface area contributed by atoms with Crippen LogP contribution in [0.1, 0.15) is 54.8 Å². The van der Waals surface area contributed by atoms with Crippen molar-refractivity contribution in [3.05, 3.63) is 52.2 Å². The number of aliphatic hydroxyl groups is 1. The van der Waals surface area contributed by atoms with Gasteiger partial charge in [0.1, 0.15) is 24.2 Å². The Morgan fingerprint density at radius 1 is 1.19 bits per heavy atom. The molecule has 2 saturated heterocycles. The van der Waals surface area contributed by atoms with Crippen molar-refractivity contribution in [1.82, 2.24) is 20.2 Å². The molecule has 32 heavy (non-hydrogen) atoms. The Morgan fingerprint density at radius 2 is 2.00 bits per heavy atom. The molecule has 8 heteroatoms. The van der Waals surface area contributed by atoms with Gasteiger partial charge in [-0.25, -0.2) is 14.4 Å². The zero-order valence-electron chi connectivity index (χ0n) is 18.5. The Labute approximate surface area is 193 Å². The third-order valence-electron chi connectivity index (χ3n) is 7.42. The molecule has 6 nitrogen and oxygen atoms in total. The van der Waals surface area contributed by atoms with Crippen LogP contribution >= 0.6 is 11.6 Å². The molecule has 1 aliphatic carbocycles. The summed E-state index contributed by atoms with van der Waals surface area (Å²) in [6, 6.07) is 5.05. The summed E-state index contributed by atoms with van der Waals surface area (Å²) >= 11 is 5.92. The minimum absolute atomic E-state index is 0.113. The molecule has 2 aromatic rings. The normalized spacial score (nSPS) is 25.7. The molecule has 172 valence electrons. The van der Waals surface area contributed by atoms with E-state index in [1.54, 1.807) is 12.4 Å². The molecule has 0 bridgehead atoms. The fourth-order valence-corrected chi connectivity index (χ4v) is 5.77. The second-order valence-corrected chi connectivity index (χ2v) is 9.74. The first-order chi connectivity index (χ1) is 15.5. The van der Waals surface area contributed by atoms with E-state index in [4.69, 9.17) is 11.6 Å². The number of aliphatic hydroxyl groups excluding tert-OH is 1. The molecule has 3 aliphatic rings. The number of piperazine rings is 1. The van der Waals surface area contributed by atoms with E-state index in [0.29, 0.717) is 5.92 Å². The van der Waals surface area contributed by atoms with Crippen LogP contribution in [0.4, 0.5) is 10.2 Å². The Bertz CT molecular complexity index is 961. The summed E-state index contributed by atoms with van der Waals surface area (Å²) in [7, 11) is 0. The molecule has 0 radical (unpaired) electrons. The lowest BCUT2D eigenvalue weighted by Crippen LogP contribution is -2.54. The lowest BCUT2D eigenvalue weighted by atomic mass is 9.88. The standard InChI is InChI=1S/C24H31ClFN5O/c1-15-4-7-20-21(15)23(29-14-28-20)30-9-11-31(12-10-30)24(32)22(19-3-2-8-27-19)16-5-6-17(25)18(26)13-16/h5-6,13-15,19,22,24,27,32H,2-4,7-12H2,1H3/t15-,19+,22+,24?/m1/s1. The van der Waals surface area contributed by atoms with Crippen molar-refractivity contribution >= 4 is 17.4 Å². The van der Waals surface area contributed by atoms with E-state index in [1.165, 1.54) is 17.3 Å². The fourth-order valence-electron chi connectivity index (χ4n) is 5.65. The number of nitrogens with one attached hydrogen (secondary N) is 1. The molecule has 1 aromatic carbocycles. The SMILES string of the molecule is C[C@@H]1CCc2ncnc(N3CCN(C(O)[C@@H](c4ccc(Cl)c(F)c4)[C@@H]4CCCN4)CC3)c21. The highest BCUT2D eigenvalue weighted by atomic mass is 35.5. The number of aromatic nitrogens is 2. The van der Waals surface area contributed by atoms with Crippen LogP contribution in [-0.2, 0) is 6.42 Å². The quantitative estimate of drug-likeness (QED) is 0.715. The average Bonchev–Trinajstić information content (AvgIpc) is 3.47. The van der Waals surface area contributed by atoms with E-state index < -0.39 is 12.0 Å². The maximum atomic E-state index is 14.2. The molecule has 1 unspecified atom stereocenters. The second kappa shape index (κ2) is 9.21. The first-order valence-corrected chi connectivity index (χ1v) is 12.1. The van der Waals surface area contributed by atoms with E-state index in [9.17, 15) is 9.50 Å². The van der Waals surface area contributed by atoms with Gasteiger partial charge in [0.05, 0.1) is 5.02 Å². The van der Waals surface area contributed by atoms with Crippen molar-refractivity contribution < 1.29 is 9.50 Å². The van der Waals surface area contributed by atoms with Gasteiger partial charge in [-0.2, -0.15) is 0 Å². The summed E-state index contributed by atoms with van der Waals surface area (Å²) in [5, 5.41) is 15.1. The third-order valence-corrected chi connectivity index (χ3v) is 7.73. The van der Waals surface area contributed by atoms with Crippen LogP contribution in [0, 0.1) is 5.82 Å². The lowest BCUT2D eigenvalue weighted by molar-refractivity contribution is -0.0273. The van der Waals surface area contributed by atoms with Gasteiger partial charge in [-0.1, -0.05) is 24.6 Å². The van der Waals surface area contributed by atoms with Crippen molar-refractivity contribution in [1.29, 1.82) is 0 Å². The van der Waals surface area contributed by atoms with E-state index in [2.05, 4.69) is 32.0 Å². The minimum Gasteiger partial charge on any atom is -0.378 e. The van der Waals surface area contributed by atoms with Gasteiger partial charge in [-0.15, -0.1) is 0 Å². The van der Waals surface area contributed by atoms with Crippen LogP contribution in [0.5, 0.6) is 0 Å². The summed E-state index contributed by atoms with van der Waals surface area (Å²) in [4.78, 5) is 13.6. The molecule has 0 amide bonds. The number of hydrogen-bond donors (Lipinski definition) is 2. The van der Waals surface area contributed by atoms with Crippen LogP contribution in [0.15, 0.2) is 24.5 Å². The molecule has 4 atom stereocenters. The van der Waals surface area contributed by atoms with Gasteiger partial charge in [0.2, 0.25) is 0 Å². The number of halogens is 2. The molecule has 1 aromatic heterocycles. The Morgan fingerprint density at radius 3 is 2.72 bits per heavy atom. The van der Waals surface area contributed by atoms with Gasteiger partial charge < -0.3 is 15.3 Å². The lowest BCUT2D eigenvalue weighted by Gasteiger charge is -2.42. The number of hydrogen-bond acceptors (Lipinski definition) is 6. The van der Waals surface area contributed by atoms with Crippen molar-refractivity contribution in [2.24, 2.45) is 0 Å². The zero-order valence-corrected chi connectivity index (χ0v) is 19.2. The minimum atomic E-state index is -0.691. The largest absolute Gasteiger partial charge is 0.378 e. The van der Waals surface area contributed by atoms with Crippen LogP contribution in [0.25, 0.3) is 0 Å². The van der Waals surface area contributed by atoms with Gasteiger partial charge in [0.15, 0.2) is 0 Å². The Balaban J connectivity index is 1.33. The van der Waals surface area contributed by atoms with E-state index in [-0.39, 0.29) is 17.0 Å². The molecule has 3 heterocycles. The molecule has 0 saturated carbocycles. The number of aryl methyl sites for hydroxylation is 1. The predicted molar refractivity (Wildman–Crippen MR) is 124 cm³/mol. The smallest absolute Gasteiger partial charge is 0.142 e. The van der Waals surface area contributed by atoms with Crippen molar-refractivity contribution in [2.45, 2.75) is 56.7 Å². The monoisotopic (exact) mass is 459 g/mol. The highest BCUT2D eigenvalue weighted by molar-refractivity contribution is 6.30. The van der Waals surface area contributed by atoms with Crippen molar-refractivity contribution in [3.63, 3.8) is 0 Å². The van der Waals surface area contributed by atoms with Gasteiger partial charge in [0.25, 0.3) is 0 Å². The first-order valence-electron chi connectivity index (χ1n) is 11.7. The van der Waals surface area contributed by atoms with E-state index >= 15 is 0 Å². The molecule has 5 rings (SSSR count). The number of anilines is 1. The van der Waals surface area contributed by atoms with Crippen molar-refractivity contribution in [2.75, 3.05) is 37.6 Å². The molecule has 2 aliphatic heterocycles. The number of nitrogens with zero attached hydrogens (tertiary/aromatic N) is 4. The Kier molecular flexibility index (Phi) is 6.34. The number of rotatable bonds is 5. The summed E-state index contributed by atoms with van der Waals surface area (Å²) in [5.74, 6) is 0.903. The van der Waals surface area contributed by atoms with Gasteiger partial charge in [-0.05, 0) is 55.8 Å². The summed E-state index contributed by atoms with van der Waals surface area (Å²) in [6.07, 6.45) is 5.19. The fraction of sp³-hybridized carbons (Fsp3) is 0.583. The van der Waals surface area contributed by atoms with Crippen molar-refractivity contribution in [3.8, 4) is 0 Å². The highest BCUT2D eigenvalue weighted by Gasteiger charge is 2.37. The zero-order chi connectivity index (χ0) is 22.2. The van der Waals surface area contributed by atoms with Crippen LogP contribution < -0.4 is 10.2 Å². The highest BCUT2D eigenvalue weighted by Crippen LogP contribution is 2.38. The van der Waals surface area contributed by atoms with Gasteiger partial charge in [0, 0.05) is 49.4 Å². The third kappa shape index (κ3) is 4.12. The molecular weight excluding hydrogens is 429 g/mol. The summed E-state index contributed by atoms with van der Waals surface area (Å²) in [6.45, 7) is 6.24. The van der Waals surface area contributed by atoms with Gasteiger partial charge >= 0.3 is 0 Å². The van der Waals surface area contributed by atoms with Crippen LogP contribution in [0.2, 0.25) is 5.02 Å². The molecular formula is C24H31ClFN5O. The van der Waals surface area contributed by atoms with E-state index in [1.807, 2.05) is 6.07 Å². The maximum absolute atomic E-state index is 14.2. The first kappa shape index (κ1) is 22.0. The van der Waals surface area contributed by atoms with E-state index in [0.717, 1.165) is 69.8 Å². The second-order valence-electron chi connectivity index (χ2n) is 9.34. The Hall–Kier alpha value is -1.80. The number of benzene rings is 1. The predicted octanol–water partition coefficient (Wildman–Crippen LogP) is 3.30. The molecule has 0 spiro atoms.